The van der Waals surface area contributed by atoms with Gasteiger partial charge in [0.25, 0.3) is 11.8 Å². The Bertz CT molecular complexity index is 1790. The van der Waals surface area contributed by atoms with E-state index in [0.29, 0.717) is 16.1 Å². The van der Waals surface area contributed by atoms with Crippen molar-refractivity contribution < 1.29 is 9.59 Å². The molecule has 1 aliphatic rings. The fourth-order valence-electron chi connectivity index (χ4n) is 4.36. The van der Waals surface area contributed by atoms with Crippen molar-refractivity contribution in [2.75, 3.05) is 4.90 Å². The van der Waals surface area contributed by atoms with Crippen LogP contribution in [0, 0.1) is 0 Å². The fraction of sp³-hybridized carbons (Fsp3) is 0.0714. The summed E-state index contributed by atoms with van der Waals surface area (Å²) in [5.41, 5.74) is 2.16. The predicted molar refractivity (Wildman–Crippen MR) is 159 cm³/mol. The molecule has 0 N–H and O–H groups in total. The van der Waals surface area contributed by atoms with Gasteiger partial charge in [-0.1, -0.05) is 31.2 Å². The minimum atomic E-state index is -0.246. The van der Waals surface area contributed by atoms with Crippen molar-refractivity contribution in [2.45, 2.75) is 13.3 Å². The zero-order valence-corrected chi connectivity index (χ0v) is 23.0. The molecule has 0 spiro atoms. The molecule has 0 unspecified atom stereocenters. The summed E-state index contributed by atoms with van der Waals surface area (Å²) in [6, 6.07) is 18.2. The Morgan fingerprint density at radius 2 is 1.53 bits per heavy atom. The van der Waals surface area contributed by atoms with E-state index in [0.717, 1.165) is 21.7 Å². The number of imide groups is 1. The normalized spacial score (nSPS) is 13.8. The molecule has 2 amide bonds. The monoisotopic (exact) mass is 559 g/mol. The summed E-state index contributed by atoms with van der Waals surface area (Å²) < 4.78 is 5.45. The predicted octanol–water partition coefficient (Wildman–Crippen LogP) is 9.86. The maximum Gasteiger partial charge on any atom is 0.276 e. The van der Waals surface area contributed by atoms with Gasteiger partial charge in [0.2, 0.25) is 0 Å². The van der Waals surface area contributed by atoms with Crippen LogP contribution in [-0.4, -0.2) is 11.8 Å². The van der Waals surface area contributed by atoms with Gasteiger partial charge in [-0.2, -0.15) is 0 Å². The Morgan fingerprint density at radius 1 is 0.750 bits per heavy atom. The molecule has 8 heteroatoms. The molecule has 0 saturated carbocycles. The molecule has 1 aromatic carbocycles. The van der Waals surface area contributed by atoms with Gasteiger partial charge in [0.05, 0.1) is 20.7 Å². The molecular formula is C28H17NO2S5. The zero-order chi connectivity index (χ0) is 24.4. The summed E-state index contributed by atoms with van der Waals surface area (Å²) in [5, 5.41) is 2.16. The Morgan fingerprint density at radius 3 is 2.28 bits per heavy atom. The number of benzene rings is 1. The van der Waals surface area contributed by atoms with Gasteiger partial charge in [-0.05, 0) is 59.8 Å². The lowest BCUT2D eigenvalue weighted by Crippen LogP contribution is -2.29. The van der Waals surface area contributed by atoms with E-state index in [1.807, 2.05) is 59.1 Å². The van der Waals surface area contributed by atoms with E-state index in [-0.39, 0.29) is 11.8 Å². The molecular weight excluding hydrogens is 543 g/mol. The van der Waals surface area contributed by atoms with Crippen LogP contribution >= 0.6 is 56.7 Å². The van der Waals surface area contributed by atoms with E-state index in [1.54, 1.807) is 22.7 Å². The number of nitrogens with zero attached hydrogens (tertiary/aromatic N) is 1. The van der Waals surface area contributed by atoms with Crippen LogP contribution in [0.2, 0.25) is 0 Å². The summed E-state index contributed by atoms with van der Waals surface area (Å²) >= 11 is 8.63. The molecule has 6 heterocycles. The molecule has 7 rings (SSSR count). The minimum Gasteiger partial charge on any atom is -0.268 e. The second-order valence-corrected chi connectivity index (χ2v) is 13.6. The largest absolute Gasteiger partial charge is 0.276 e. The highest BCUT2D eigenvalue weighted by Gasteiger charge is 2.39. The Kier molecular flexibility index (Phi) is 5.34. The number of carbonyl (C=O) groups is 2. The van der Waals surface area contributed by atoms with Crippen molar-refractivity contribution in [3.8, 4) is 19.5 Å². The smallest absolute Gasteiger partial charge is 0.268 e. The second-order valence-electron chi connectivity index (χ2n) is 8.39. The highest BCUT2D eigenvalue weighted by Crippen LogP contribution is 2.48. The number of carbonyl (C=O) groups excluding carboxylic acids is 2. The van der Waals surface area contributed by atoms with Crippen molar-refractivity contribution >= 4 is 99.1 Å². The number of hydrogen-bond acceptors (Lipinski definition) is 7. The van der Waals surface area contributed by atoms with E-state index in [9.17, 15) is 9.59 Å². The molecule has 0 aliphatic carbocycles. The van der Waals surface area contributed by atoms with E-state index in [1.165, 1.54) is 44.8 Å². The Hall–Kier alpha value is -2.88. The highest BCUT2D eigenvalue weighted by molar-refractivity contribution is 7.39. The summed E-state index contributed by atoms with van der Waals surface area (Å²) in [5.74, 6) is -0.483. The van der Waals surface area contributed by atoms with Crippen molar-refractivity contribution in [3.05, 3.63) is 82.1 Å². The molecule has 0 fully saturated rings. The van der Waals surface area contributed by atoms with Crippen LogP contribution in [0.4, 0.5) is 5.69 Å². The second kappa shape index (κ2) is 8.61. The maximum absolute atomic E-state index is 13.2. The molecule has 5 aromatic heterocycles. The highest BCUT2D eigenvalue weighted by atomic mass is 32.1. The Balaban J connectivity index is 1.17. The molecule has 36 heavy (non-hydrogen) atoms. The first-order valence-corrected chi connectivity index (χ1v) is 15.5. The van der Waals surface area contributed by atoms with E-state index >= 15 is 0 Å². The number of fused-ring (bicyclic) bond motifs is 4. The van der Waals surface area contributed by atoms with E-state index < -0.39 is 0 Å². The quantitative estimate of drug-likeness (QED) is 0.197. The third-order valence-electron chi connectivity index (χ3n) is 6.11. The zero-order valence-electron chi connectivity index (χ0n) is 18.9. The lowest BCUT2D eigenvalue weighted by atomic mass is 10.1. The van der Waals surface area contributed by atoms with Gasteiger partial charge in [-0.3, -0.25) is 9.59 Å². The van der Waals surface area contributed by atoms with Crippen LogP contribution in [0.25, 0.3) is 44.4 Å². The number of thiophene rings is 5. The molecule has 0 bridgehead atoms. The van der Waals surface area contributed by atoms with Gasteiger partial charge in [-0.25, -0.2) is 4.90 Å². The van der Waals surface area contributed by atoms with Gasteiger partial charge in [0.15, 0.2) is 0 Å². The number of hydrogen-bond donors (Lipinski definition) is 0. The average Bonchev–Trinajstić information content (AvgIpc) is 3.69. The summed E-state index contributed by atoms with van der Waals surface area (Å²) in [4.78, 5) is 32.7. The number of rotatable bonds is 5. The summed E-state index contributed by atoms with van der Waals surface area (Å²) in [6.45, 7) is 2.09. The SMILES string of the molecule is CC/C=C/c1ccc(N2C(=O)c3cc(-c4ccc(-c5cc6sc7ccsc7c6s5)s4)sc3C2=O)cc1. The first-order valence-electron chi connectivity index (χ1n) is 11.4. The topological polar surface area (TPSA) is 37.4 Å². The first-order chi connectivity index (χ1) is 17.6. The van der Waals surface area contributed by atoms with E-state index in [4.69, 9.17) is 0 Å². The number of allylic oxidation sites excluding steroid dienone is 1. The van der Waals surface area contributed by atoms with Crippen LogP contribution in [0.1, 0.15) is 38.9 Å². The number of amides is 2. The minimum absolute atomic E-state index is 0.238. The lowest BCUT2D eigenvalue weighted by Gasteiger charge is -2.14. The average molecular weight is 560 g/mol. The first kappa shape index (κ1) is 22.3. The fourth-order valence-corrected chi connectivity index (χ4v) is 10.4. The standard InChI is InChI=1S/C28H17NO2S5/c1-2-3-4-15-5-7-16(8-6-15)29-27(30)17-13-21(35-24(17)28(29)31)18-9-10-19(33-18)22-14-23-26(36-22)25-20(34-23)11-12-32-25/h3-14H,2H2,1H3/b4-3+. The van der Waals surface area contributed by atoms with Gasteiger partial charge in [0.1, 0.15) is 4.88 Å². The van der Waals surface area contributed by atoms with Gasteiger partial charge in [-0.15, -0.1) is 56.7 Å². The lowest BCUT2D eigenvalue weighted by molar-refractivity contribution is 0.0927. The van der Waals surface area contributed by atoms with Crippen LogP contribution in [0.15, 0.2) is 66.1 Å². The molecule has 176 valence electrons. The van der Waals surface area contributed by atoms with Crippen molar-refractivity contribution in [1.29, 1.82) is 0 Å². The van der Waals surface area contributed by atoms with Gasteiger partial charge >= 0.3 is 0 Å². The van der Waals surface area contributed by atoms with Crippen LogP contribution in [0.5, 0.6) is 0 Å². The van der Waals surface area contributed by atoms with Crippen molar-refractivity contribution in [1.82, 2.24) is 0 Å². The van der Waals surface area contributed by atoms with Gasteiger partial charge < -0.3 is 0 Å². The van der Waals surface area contributed by atoms with Crippen LogP contribution in [0.3, 0.4) is 0 Å². The van der Waals surface area contributed by atoms with Crippen LogP contribution < -0.4 is 4.90 Å². The summed E-state index contributed by atoms with van der Waals surface area (Å²) in [6.07, 6.45) is 5.08. The maximum atomic E-state index is 13.2. The van der Waals surface area contributed by atoms with Gasteiger partial charge in [0, 0.05) is 28.9 Å². The molecule has 3 nitrogen and oxygen atoms in total. The number of anilines is 1. The third kappa shape index (κ3) is 3.48. The van der Waals surface area contributed by atoms with Crippen LogP contribution in [-0.2, 0) is 0 Å². The molecule has 0 atom stereocenters. The molecule has 0 radical (unpaired) electrons. The molecule has 6 aromatic rings. The summed E-state index contributed by atoms with van der Waals surface area (Å²) in [7, 11) is 0. The third-order valence-corrected chi connectivity index (χ3v) is 12.3. The van der Waals surface area contributed by atoms with Crippen molar-refractivity contribution in [2.24, 2.45) is 0 Å². The molecule has 0 saturated heterocycles. The van der Waals surface area contributed by atoms with Crippen molar-refractivity contribution in [3.63, 3.8) is 0 Å². The Labute approximate surface area is 227 Å². The molecule has 1 aliphatic heterocycles. The van der Waals surface area contributed by atoms with E-state index in [2.05, 4.69) is 42.6 Å².